The fourth-order valence-electron chi connectivity index (χ4n) is 1.89. The summed E-state index contributed by atoms with van der Waals surface area (Å²) in [6, 6.07) is 8.62. The Bertz CT molecular complexity index is 632. The van der Waals surface area contributed by atoms with Gasteiger partial charge in [0.25, 0.3) is 0 Å². The van der Waals surface area contributed by atoms with E-state index in [9.17, 15) is 4.79 Å². The number of ketones is 1. The lowest BCUT2D eigenvalue weighted by Crippen LogP contribution is -2.09. The summed E-state index contributed by atoms with van der Waals surface area (Å²) in [5.74, 6) is 0.417. The molecule has 21 heavy (non-hydrogen) atoms. The van der Waals surface area contributed by atoms with E-state index >= 15 is 0 Å². The summed E-state index contributed by atoms with van der Waals surface area (Å²) in [6.45, 7) is 1.45. The van der Waals surface area contributed by atoms with E-state index in [0.717, 1.165) is 0 Å². The highest BCUT2D eigenvalue weighted by atomic mass is 16.6. The van der Waals surface area contributed by atoms with Crippen LogP contribution in [0.15, 0.2) is 34.9 Å². The SMILES string of the molecule is COCc1cc(C(=O)c2ccccc2OCC2CO2)on1. The van der Waals surface area contributed by atoms with Gasteiger partial charge < -0.3 is 18.7 Å². The van der Waals surface area contributed by atoms with Crippen molar-refractivity contribution >= 4 is 5.78 Å². The van der Waals surface area contributed by atoms with Crippen molar-refractivity contribution < 1.29 is 23.5 Å². The van der Waals surface area contributed by atoms with Crippen molar-refractivity contribution in [2.75, 3.05) is 20.3 Å². The zero-order valence-corrected chi connectivity index (χ0v) is 11.6. The number of ether oxygens (including phenoxy) is 3. The molecule has 1 aromatic heterocycles. The summed E-state index contributed by atoms with van der Waals surface area (Å²) in [5.41, 5.74) is 1.02. The first-order valence-electron chi connectivity index (χ1n) is 6.60. The first-order chi connectivity index (χ1) is 10.3. The van der Waals surface area contributed by atoms with Crippen molar-refractivity contribution in [2.24, 2.45) is 0 Å². The second-order valence-electron chi connectivity index (χ2n) is 4.71. The molecule has 0 saturated carbocycles. The molecule has 1 fully saturated rings. The standard InChI is InChI=1S/C15H15NO5/c1-18-7-10-6-14(21-16-10)15(17)12-4-2-3-5-13(12)20-9-11-8-19-11/h2-6,11H,7-9H2,1H3. The number of benzene rings is 1. The molecule has 0 radical (unpaired) electrons. The average molecular weight is 289 g/mol. The molecule has 0 bridgehead atoms. The maximum atomic E-state index is 12.5. The molecule has 3 rings (SSSR count). The average Bonchev–Trinajstić information content (AvgIpc) is 3.23. The summed E-state index contributed by atoms with van der Waals surface area (Å²) < 4.78 is 20.7. The highest BCUT2D eigenvalue weighted by Crippen LogP contribution is 2.23. The number of rotatable bonds is 7. The number of carbonyl (C=O) groups is 1. The van der Waals surface area contributed by atoms with Crippen molar-refractivity contribution in [2.45, 2.75) is 12.7 Å². The molecule has 6 heteroatoms. The van der Waals surface area contributed by atoms with Gasteiger partial charge >= 0.3 is 0 Å². The van der Waals surface area contributed by atoms with Crippen LogP contribution in [0.2, 0.25) is 0 Å². The molecule has 1 saturated heterocycles. The second kappa shape index (κ2) is 6.07. The van der Waals surface area contributed by atoms with Crippen LogP contribution >= 0.6 is 0 Å². The Kier molecular flexibility index (Phi) is 3.98. The molecule has 2 heterocycles. The Morgan fingerprint density at radius 2 is 2.24 bits per heavy atom. The van der Waals surface area contributed by atoms with Gasteiger partial charge in [0.1, 0.15) is 24.2 Å². The van der Waals surface area contributed by atoms with Crippen LogP contribution in [-0.2, 0) is 16.1 Å². The zero-order chi connectivity index (χ0) is 14.7. The topological polar surface area (TPSA) is 74.1 Å². The van der Waals surface area contributed by atoms with E-state index in [0.29, 0.717) is 36.8 Å². The number of para-hydroxylation sites is 1. The van der Waals surface area contributed by atoms with Gasteiger partial charge in [-0.2, -0.15) is 0 Å². The Morgan fingerprint density at radius 3 is 3.00 bits per heavy atom. The van der Waals surface area contributed by atoms with Crippen LogP contribution in [0.4, 0.5) is 0 Å². The van der Waals surface area contributed by atoms with Gasteiger partial charge in [-0.3, -0.25) is 4.79 Å². The number of carbonyl (C=O) groups excluding carboxylic acids is 1. The Labute approximate surface area is 121 Å². The lowest BCUT2D eigenvalue weighted by atomic mass is 10.1. The second-order valence-corrected chi connectivity index (χ2v) is 4.71. The van der Waals surface area contributed by atoms with Crippen LogP contribution in [0.3, 0.4) is 0 Å². The van der Waals surface area contributed by atoms with E-state index < -0.39 is 0 Å². The van der Waals surface area contributed by atoms with E-state index in [-0.39, 0.29) is 17.6 Å². The summed E-state index contributed by atoms with van der Waals surface area (Å²) in [7, 11) is 1.55. The number of aromatic nitrogens is 1. The van der Waals surface area contributed by atoms with E-state index in [1.807, 2.05) is 6.07 Å². The van der Waals surface area contributed by atoms with Gasteiger partial charge in [-0.05, 0) is 12.1 Å². The maximum Gasteiger partial charge on any atom is 0.234 e. The highest BCUT2D eigenvalue weighted by molar-refractivity contribution is 6.08. The van der Waals surface area contributed by atoms with Gasteiger partial charge in [-0.15, -0.1) is 0 Å². The molecule has 1 atom stereocenters. The molecule has 1 aromatic carbocycles. The van der Waals surface area contributed by atoms with Crippen LogP contribution in [0, 0.1) is 0 Å². The number of hydrogen-bond acceptors (Lipinski definition) is 6. The molecule has 0 N–H and O–H groups in total. The molecule has 6 nitrogen and oxygen atoms in total. The Balaban J connectivity index is 1.78. The maximum absolute atomic E-state index is 12.5. The van der Waals surface area contributed by atoms with Gasteiger partial charge in [-0.25, -0.2) is 0 Å². The Hall–Kier alpha value is -2.18. The van der Waals surface area contributed by atoms with E-state index in [4.69, 9.17) is 18.7 Å². The van der Waals surface area contributed by atoms with Crippen LogP contribution < -0.4 is 4.74 Å². The van der Waals surface area contributed by atoms with Gasteiger partial charge in [0.2, 0.25) is 11.5 Å². The van der Waals surface area contributed by atoms with Gasteiger partial charge in [0.05, 0.1) is 18.8 Å². The molecule has 0 aliphatic carbocycles. The smallest absolute Gasteiger partial charge is 0.234 e. The lowest BCUT2D eigenvalue weighted by Gasteiger charge is -2.08. The van der Waals surface area contributed by atoms with Gasteiger partial charge in [0.15, 0.2) is 0 Å². The number of hydrogen-bond donors (Lipinski definition) is 0. The van der Waals surface area contributed by atoms with Gasteiger partial charge in [-0.1, -0.05) is 17.3 Å². The summed E-state index contributed by atoms with van der Waals surface area (Å²) in [5, 5.41) is 3.78. The predicted octanol–water partition coefficient (Wildman–Crippen LogP) is 1.83. The summed E-state index contributed by atoms with van der Waals surface area (Å²) in [4.78, 5) is 12.5. The lowest BCUT2D eigenvalue weighted by molar-refractivity contribution is 0.0995. The monoisotopic (exact) mass is 289 g/mol. The van der Waals surface area contributed by atoms with Crippen LogP contribution in [-0.4, -0.2) is 37.4 Å². The van der Waals surface area contributed by atoms with Crippen LogP contribution in [0.5, 0.6) is 5.75 Å². The molecule has 1 unspecified atom stereocenters. The molecule has 2 aromatic rings. The normalized spacial score (nSPS) is 16.7. The largest absolute Gasteiger partial charge is 0.490 e. The zero-order valence-electron chi connectivity index (χ0n) is 11.6. The molecule has 1 aliphatic heterocycles. The van der Waals surface area contributed by atoms with E-state index in [1.165, 1.54) is 0 Å². The minimum atomic E-state index is -0.267. The summed E-state index contributed by atoms with van der Waals surface area (Å²) >= 11 is 0. The van der Waals surface area contributed by atoms with E-state index in [2.05, 4.69) is 5.16 Å². The third kappa shape index (κ3) is 3.29. The molecule has 0 amide bonds. The minimum Gasteiger partial charge on any atom is -0.490 e. The van der Waals surface area contributed by atoms with E-state index in [1.54, 1.807) is 31.4 Å². The molecule has 1 aliphatic rings. The minimum absolute atomic E-state index is 0.131. The Morgan fingerprint density at radius 1 is 1.43 bits per heavy atom. The quantitative estimate of drug-likeness (QED) is 0.572. The van der Waals surface area contributed by atoms with Crippen molar-refractivity contribution in [3.05, 3.63) is 47.3 Å². The van der Waals surface area contributed by atoms with Crippen molar-refractivity contribution in [3.63, 3.8) is 0 Å². The highest BCUT2D eigenvalue weighted by Gasteiger charge is 2.25. The number of nitrogens with zero attached hydrogens (tertiary/aromatic N) is 1. The van der Waals surface area contributed by atoms with Crippen molar-refractivity contribution in [3.8, 4) is 5.75 Å². The van der Waals surface area contributed by atoms with Crippen LogP contribution in [0.1, 0.15) is 21.8 Å². The summed E-state index contributed by atoms with van der Waals surface area (Å²) in [6.07, 6.45) is 0.131. The third-order valence-corrected chi connectivity index (χ3v) is 3.03. The number of epoxide rings is 1. The number of methoxy groups -OCH3 is 1. The first-order valence-corrected chi connectivity index (χ1v) is 6.60. The fraction of sp³-hybridized carbons (Fsp3) is 0.333. The van der Waals surface area contributed by atoms with Crippen molar-refractivity contribution in [1.29, 1.82) is 0 Å². The van der Waals surface area contributed by atoms with Crippen LogP contribution in [0.25, 0.3) is 0 Å². The third-order valence-electron chi connectivity index (χ3n) is 3.03. The predicted molar refractivity (Wildman–Crippen MR) is 72.3 cm³/mol. The van der Waals surface area contributed by atoms with Gasteiger partial charge in [0, 0.05) is 13.2 Å². The van der Waals surface area contributed by atoms with Crippen molar-refractivity contribution in [1.82, 2.24) is 5.16 Å². The molecular formula is C15H15NO5. The molecule has 0 spiro atoms. The fourth-order valence-corrected chi connectivity index (χ4v) is 1.89. The molecule has 110 valence electrons. The molecular weight excluding hydrogens is 274 g/mol. The first kappa shape index (κ1) is 13.8.